The number of amides is 1. The van der Waals surface area contributed by atoms with E-state index < -0.39 is 12.1 Å². The number of esters is 1. The minimum Gasteiger partial charge on any atom is -0.466 e. The number of unbranched alkanes of at least 4 members (excludes halogenated alkanes) is 35. The Balaban J connectivity index is 3.53. The average molecular weight is 860 g/mol. The lowest BCUT2D eigenvalue weighted by Gasteiger charge is -2.22. The molecule has 3 N–H and O–H groups in total. The molecule has 0 fully saturated rings. The van der Waals surface area contributed by atoms with Gasteiger partial charge < -0.3 is 20.3 Å². The molecule has 0 aromatic heterocycles. The minimum atomic E-state index is -0.698. The number of carbonyl (C=O) groups excluding carboxylic acids is 2. The molecule has 6 nitrogen and oxygen atoms in total. The first kappa shape index (κ1) is 59.3. The van der Waals surface area contributed by atoms with Gasteiger partial charge in [-0.15, -0.1) is 0 Å². The topological polar surface area (TPSA) is 95.9 Å². The first-order valence-corrected chi connectivity index (χ1v) is 27.1. The smallest absolute Gasteiger partial charge is 0.305 e. The van der Waals surface area contributed by atoms with E-state index in [1.165, 1.54) is 199 Å². The summed E-state index contributed by atoms with van der Waals surface area (Å²) < 4.78 is 5.46. The molecule has 0 heterocycles. The molecule has 0 spiro atoms. The molecular formula is C55H105NO5. The summed E-state index contributed by atoms with van der Waals surface area (Å²) in [7, 11) is 0. The highest BCUT2D eigenvalue weighted by molar-refractivity contribution is 5.76. The molecule has 360 valence electrons. The van der Waals surface area contributed by atoms with Gasteiger partial charge in [0, 0.05) is 12.8 Å². The maximum absolute atomic E-state index is 12.4. The van der Waals surface area contributed by atoms with Crippen LogP contribution in [0.15, 0.2) is 24.3 Å². The number of rotatable bonds is 50. The highest BCUT2D eigenvalue weighted by atomic mass is 16.5. The molecule has 0 saturated carbocycles. The molecule has 0 rings (SSSR count). The third-order valence-electron chi connectivity index (χ3n) is 12.5. The van der Waals surface area contributed by atoms with Gasteiger partial charge in [-0.1, -0.05) is 256 Å². The van der Waals surface area contributed by atoms with E-state index in [4.69, 9.17) is 4.74 Å². The lowest BCUT2D eigenvalue weighted by molar-refractivity contribution is -0.143. The Labute approximate surface area is 380 Å². The lowest BCUT2D eigenvalue weighted by atomic mass is 10.0. The van der Waals surface area contributed by atoms with Crippen LogP contribution >= 0.6 is 0 Å². The molecule has 1 amide bonds. The molecule has 0 aromatic carbocycles. The Morgan fingerprint density at radius 2 is 0.836 bits per heavy atom. The van der Waals surface area contributed by atoms with Crippen LogP contribution < -0.4 is 5.32 Å². The van der Waals surface area contributed by atoms with Crippen molar-refractivity contribution in [3.63, 3.8) is 0 Å². The van der Waals surface area contributed by atoms with Crippen LogP contribution in [0.4, 0.5) is 0 Å². The van der Waals surface area contributed by atoms with E-state index in [0.29, 0.717) is 32.3 Å². The van der Waals surface area contributed by atoms with Crippen LogP contribution in [-0.2, 0) is 14.3 Å². The zero-order chi connectivity index (χ0) is 44.4. The number of carbonyl (C=O) groups is 2. The number of aliphatic hydroxyl groups excluding tert-OH is 2. The Kier molecular flexibility index (Phi) is 49.6. The van der Waals surface area contributed by atoms with Crippen molar-refractivity contribution in [1.29, 1.82) is 0 Å². The third-order valence-corrected chi connectivity index (χ3v) is 12.5. The number of aliphatic hydroxyl groups is 2. The van der Waals surface area contributed by atoms with Crippen LogP contribution in [0.3, 0.4) is 0 Å². The summed E-state index contributed by atoms with van der Waals surface area (Å²) in [5, 5.41) is 23.2. The van der Waals surface area contributed by atoms with Crippen LogP contribution in [0.25, 0.3) is 0 Å². The predicted octanol–water partition coefficient (Wildman–Crippen LogP) is 16.3. The molecule has 2 unspecified atom stereocenters. The van der Waals surface area contributed by atoms with Crippen LogP contribution in [-0.4, -0.2) is 47.4 Å². The molecule has 6 heteroatoms. The van der Waals surface area contributed by atoms with Gasteiger partial charge in [-0.05, 0) is 44.9 Å². The zero-order valence-corrected chi connectivity index (χ0v) is 40.9. The van der Waals surface area contributed by atoms with Gasteiger partial charge in [0.1, 0.15) is 0 Å². The highest BCUT2D eigenvalue weighted by Gasteiger charge is 2.19. The van der Waals surface area contributed by atoms with Crippen molar-refractivity contribution in [3.05, 3.63) is 24.3 Å². The quantitative estimate of drug-likeness (QED) is 0.0322. The van der Waals surface area contributed by atoms with Crippen LogP contribution in [0, 0.1) is 0 Å². The molecule has 0 aliphatic rings. The number of hydrogen-bond acceptors (Lipinski definition) is 5. The molecule has 0 aliphatic heterocycles. The van der Waals surface area contributed by atoms with Crippen molar-refractivity contribution in [2.75, 3.05) is 13.2 Å². The molecule has 0 bridgehead atoms. The fourth-order valence-electron chi connectivity index (χ4n) is 8.34. The molecule has 61 heavy (non-hydrogen) atoms. The van der Waals surface area contributed by atoms with E-state index in [2.05, 4.69) is 37.4 Å². The van der Waals surface area contributed by atoms with Crippen molar-refractivity contribution >= 4 is 11.9 Å². The molecule has 0 aliphatic carbocycles. The lowest BCUT2D eigenvalue weighted by Crippen LogP contribution is -2.45. The zero-order valence-electron chi connectivity index (χ0n) is 40.9. The van der Waals surface area contributed by atoms with Crippen LogP contribution in [0.5, 0.6) is 0 Å². The van der Waals surface area contributed by atoms with Crippen LogP contribution in [0.2, 0.25) is 0 Å². The van der Waals surface area contributed by atoms with Gasteiger partial charge >= 0.3 is 5.97 Å². The Hall–Kier alpha value is -1.66. The van der Waals surface area contributed by atoms with Gasteiger partial charge in [-0.3, -0.25) is 9.59 Å². The second kappa shape index (κ2) is 51.0. The minimum absolute atomic E-state index is 0.0140. The first-order chi connectivity index (χ1) is 30.0. The highest BCUT2D eigenvalue weighted by Crippen LogP contribution is 2.17. The van der Waals surface area contributed by atoms with Gasteiger partial charge in [-0.25, -0.2) is 0 Å². The molecule has 0 saturated heterocycles. The van der Waals surface area contributed by atoms with E-state index in [9.17, 15) is 19.8 Å². The van der Waals surface area contributed by atoms with Crippen LogP contribution in [0.1, 0.15) is 290 Å². The summed E-state index contributed by atoms with van der Waals surface area (Å²) in [4.78, 5) is 24.5. The van der Waals surface area contributed by atoms with Gasteiger partial charge in [0.05, 0.1) is 25.4 Å². The molecule has 0 radical (unpaired) electrons. The second-order valence-corrected chi connectivity index (χ2v) is 18.6. The molecule has 0 aromatic rings. The SMILES string of the molecule is CCCCCCCCCCCCCCCCCCC(O)C(CO)NC(=O)CC/C=C\C/C=C\CCCCCCCCOC(=O)CCCCCCCCCCCCCCCCC. The maximum Gasteiger partial charge on any atom is 0.305 e. The number of ether oxygens (including phenoxy) is 1. The average Bonchev–Trinajstić information content (AvgIpc) is 3.26. The van der Waals surface area contributed by atoms with Gasteiger partial charge in [0.15, 0.2) is 0 Å². The van der Waals surface area contributed by atoms with Crippen molar-refractivity contribution in [3.8, 4) is 0 Å². The van der Waals surface area contributed by atoms with Crippen molar-refractivity contribution in [2.45, 2.75) is 302 Å². The number of hydrogen-bond donors (Lipinski definition) is 3. The molecule has 2 atom stereocenters. The van der Waals surface area contributed by atoms with E-state index >= 15 is 0 Å². The molecular weight excluding hydrogens is 755 g/mol. The van der Waals surface area contributed by atoms with E-state index in [-0.39, 0.29) is 18.5 Å². The van der Waals surface area contributed by atoms with E-state index in [1.807, 2.05) is 6.08 Å². The third kappa shape index (κ3) is 47.7. The van der Waals surface area contributed by atoms with Gasteiger partial charge in [0.25, 0.3) is 0 Å². The summed E-state index contributed by atoms with van der Waals surface area (Å²) in [6.45, 7) is 4.90. The predicted molar refractivity (Wildman–Crippen MR) is 264 cm³/mol. The summed E-state index contributed by atoms with van der Waals surface area (Å²) in [6.07, 6.45) is 60.2. The number of allylic oxidation sites excluding steroid dienone is 4. The summed E-state index contributed by atoms with van der Waals surface area (Å²) >= 11 is 0. The largest absolute Gasteiger partial charge is 0.466 e. The fourth-order valence-corrected chi connectivity index (χ4v) is 8.34. The first-order valence-electron chi connectivity index (χ1n) is 27.1. The van der Waals surface area contributed by atoms with Crippen molar-refractivity contribution < 1.29 is 24.5 Å². The number of nitrogens with one attached hydrogen (secondary N) is 1. The van der Waals surface area contributed by atoms with Crippen molar-refractivity contribution in [1.82, 2.24) is 5.32 Å². The monoisotopic (exact) mass is 860 g/mol. The summed E-state index contributed by atoms with van der Waals surface area (Å²) in [5.41, 5.74) is 0. The van der Waals surface area contributed by atoms with Gasteiger partial charge in [-0.2, -0.15) is 0 Å². The summed E-state index contributed by atoms with van der Waals surface area (Å²) in [5.74, 6) is -0.128. The Morgan fingerprint density at radius 3 is 1.28 bits per heavy atom. The summed E-state index contributed by atoms with van der Waals surface area (Å²) in [6, 6.07) is -0.584. The van der Waals surface area contributed by atoms with Crippen molar-refractivity contribution in [2.24, 2.45) is 0 Å². The Morgan fingerprint density at radius 1 is 0.459 bits per heavy atom. The van der Waals surface area contributed by atoms with E-state index in [1.54, 1.807) is 0 Å². The fraction of sp³-hybridized carbons (Fsp3) is 0.891. The second-order valence-electron chi connectivity index (χ2n) is 18.6. The standard InChI is InChI=1S/C55H105NO5/c1-3-5-7-9-11-13-15-17-19-21-23-27-31-35-39-43-47-53(58)52(51-57)56-54(59)48-44-40-36-32-28-24-22-26-30-34-38-42-46-50-61-55(60)49-45-41-37-33-29-25-20-18-16-14-12-10-8-6-4-2/h24,28,36,40,52-53,57-58H,3-23,25-27,29-35,37-39,41-51H2,1-2H3,(H,56,59)/b28-24-,40-36-. The maximum atomic E-state index is 12.4. The Bertz CT molecular complexity index is 951. The van der Waals surface area contributed by atoms with Gasteiger partial charge in [0.2, 0.25) is 5.91 Å². The van der Waals surface area contributed by atoms with E-state index in [0.717, 1.165) is 51.4 Å². The normalized spacial score (nSPS) is 12.8.